The molecule has 30 heavy (non-hydrogen) atoms. The van der Waals surface area contributed by atoms with E-state index in [0.29, 0.717) is 6.04 Å². The highest BCUT2D eigenvalue weighted by atomic mass is 16.5. The van der Waals surface area contributed by atoms with Gasteiger partial charge in [0.25, 0.3) is 0 Å². The van der Waals surface area contributed by atoms with Gasteiger partial charge < -0.3 is 19.7 Å². The molecule has 1 saturated carbocycles. The molecule has 0 atom stereocenters. The zero-order chi connectivity index (χ0) is 20.2. The second-order valence-electron chi connectivity index (χ2n) is 7.94. The maximum atomic E-state index is 6.50. The Labute approximate surface area is 176 Å². The van der Waals surface area contributed by atoms with Crippen molar-refractivity contribution in [3.05, 3.63) is 49.1 Å². The smallest absolute Gasteiger partial charge is 0.149 e. The van der Waals surface area contributed by atoms with Crippen LogP contribution in [-0.2, 0) is 4.74 Å². The maximum Gasteiger partial charge on any atom is 0.149 e. The monoisotopic (exact) mass is 405 g/mol. The third kappa shape index (κ3) is 4.31. The molecular weight excluding hydrogens is 378 g/mol. The van der Waals surface area contributed by atoms with Gasteiger partial charge in [-0.25, -0.2) is 4.98 Å². The fraction of sp³-hybridized carbons (Fsp3) is 0.435. The first-order chi connectivity index (χ1) is 14.8. The topological polar surface area (TPSA) is 72.4 Å². The maximum absolute atomic E-state index is 6.50. The van der Waals surface area contributed by atoms with Gasteiger partial charge in [0.2, 0.25) is 0 Å². The summed E-state index contributed by atoms with van der Waals surface area (Å²) in [6, 6.07) is 8.75. The Morgan fingerprint density at radius 1 is 0.933 bits per heavy atom. The molecule has 0 spiro atoms. The summed E-state index contributed by atoms with van der Waals surface area (Å²) in [6.07, 6.45) is 11.5. The predicted molar refractivity (Wildman–Crippen MR) is 117 cm³/mol. The number of pyridine rings is 1. The Kier molecular flexibility index (Phi) is 5.61. The van der Waals surface area contributed by atoms with E-state index in [9.17, 15) is 0 Å². The molecule has 3 heterocycles. The molecule has 156 valence electrons. The molecule has 1 aliphatic heterocycles. The van der Waals surface area contributed by atoms with Gasteiger partial charge in [-0.1, -0.05) is 0 Å². The van der Waals surface area contributed by atoms with Crippen LogP contribution in [0.1, 0.15) is 25.7 Å². The minimum Gasteiger partial charge on any atom is -0.488 e. The fourth-order valence-corrected chi connectivity index (χ4v) is 4.31. The average Bonchev–Trinajstić information content (AvgIpc) is 2.81. The van der Waals surface area contributed by atoms with Crippen molar-refractivity contribution in [2.45, 2.75) is 37.8 Å². The highest BCUT2D eigenvalue weighted by Crippen LogP contribution is 2.33. The third-order valence-corrected chi connectivity index (χ3v) is 5.92. The lowest BCUT2D eigenvalue weighted by atomic mass is 9.92. The van der Waals surface area contributed by atoms with Crippen molar-refractivity contribution < 1.29 is 9.47 Å². The summed E-state index contributed by atoms with van der Waals surface area (Å²) in [5.74, 6) is 0.840. The van der Waals surface area contributed by atoms with E-state index in [4.69, 9.17) is 9.47 Å². The first-order valence-corrected chi connectivity index (χ1v) is 10.8. The minimum absolute atomic E-state index is 0.200. The van der Waals surface area contributed by atoms with Crippen LogP contribution in [0.5, 0.6) is 5.75 Å². The van der Waals surface area contributed by atoms with Gasteiger partial charge in [0, 0.05) is 61.4 Å². The van der Waals surface area contributed by atoms with E-state index in [2.05, 4.69) is 37.3 Å². The van der Waals surface area contributed by atoms with Crippen LogP contribution in [-0.4, -0.2) is 53.4 Å². The Bertz CT molecular complexity index is 970. The lowest BCUT2D eigenvalue weighted by molar-refractivity contribution is 0.122. The zero-order valence-corrected chi connectivity index (χ0v) is 17.0. The second kappa shape index (κ2) is 8.83. The summed E-state index contributed by atoms with van der Waals surface area (Å²) in [6.45, 7) is 3.28. The molecule has 1 saturated heterocycles. The van der Waals surface area contributed by atoms with Crippen molar-refractivity contribution in [2.24, 2.45) is 0 Å². The zero-order valence-electron chi connectivity index (χ0n) is 17.0. The first-order valence-electron chi connectivity index (χ1n) is 10.8. The summed E-state index contributed by atoms with van der Waals surface area (Å²) < 4.78 is 12.0. The minimum atomic E-state index is 0.200. The third-order valence-electron chi connectivity index (χ3n) is 5.92. The number of benzene rings is 1. The normalized spacial score (nSPS) is 22.1. The van der Waals surface area contributed by atoms with E-state index in [0.717, 1.165) is 80.1 Å². The number of morpholine rings is 1. The predicted octanol–water partition coefficient (Wildman–Crippen LogP) is 3.66. The van der Waals surface area contributed by atoms with Crippen LogP contribution >= 0.6 is 0 Å². The van der Waals surface area contributed by atoms with Crippen LogP contribution in [0.2, 0.25) is 0 Å². The number of nitrogens with zero attached hydrogens (tertiary/aromatic N) is 4. The van der Waals surface area contributed by atoms with E-state index in [1.54, 1.807) is 12.4 Å². The number of hydrogen-bond acceptors (Lipinski definition) is 7. The van der Waals surface area contributed by atoms with Gasteiger partial charge >= 0.3 is 0 Å². The molecule has 1 N–H and O–H groups in total. The molecule has 2 fully saturated rings. The van der Waals surface area contributed by atoms with E-state index in [1.807, 2.05) is 24.5 Å². The highest BCUT2D eigenvalue weighted by molar-refractivity contribution is 5.85. The molecule has 5 rings (SSSR count). The molecule has 7 heteroatoms. The number of hydrogen-bond donors (Lipinski definition) is 1. The number of anilines is 2. The molecule has 0 unspecified atom stereocenters. The number of ether oxygens (including phenoxy) is 2. The van der Waals surface area contributed by atoms with Gasteiger partial charge in [-0.2, -0.15) is 0 Å². The summed E-state index contributed by atoms with van der Waals surface area (Å²) in [5, 5.41) is 3.61. The van der Waals surface area contributed by atoms with Crippen LogP contribution in [0.3, 0.4) is 0 Å². The number of aromatic nitrogens is 3. The van der Waals surface area contributed by atoms with Crippen molar-refractivity contribution >= 4 is 22.4 Å². The Morgan fingerprint density at radius 2 is 1.70 bits per heavy atom. The van der Waals surface area contributed by atoms with Crippen LogP contribution < -0.4 is 15.0 Å². The van der Waals surface area contributed by atoms with Gasteiger partial charge in [-0.05, 0) is 43.9 Å². The molecule has 7 nitrogen and oxygen atoms in total. The molecule has 0 bridgehead atoms. The van der Waals surface area contributed by atoms with Gasteiger partial charge in [-0.3, -0.25) is 9.97 Å². The van der Waals surface area contributed by atoms with E-state index in [1.165, 1.54) is 0 Å². The van der Waals surface area contributed by atoms with Crippen molar-refractivity contribution in [3.63, 3.8) is 0 Å². The van der Waals surface area contributed by atoms with E-state index in [-0.39, 0.29) is 6.10 Å². The average molecular weight is 406 g/mol. The van der Waals surface area contributed by atoms with Crippen molar-refractivity contribution in [2.75, 3.05) is 36.5 Å². The number of nitrogens with one attached hydrogen (secondary N) is 1. The van der Waals surface area contributed by atoms with Crippen LogP contribution in [0, 0.1) is 0 Å². The largest absolute Gasteiger partial charge is 0.488 e. The Hall–Kier alpha value is -2.93. The van der Waals surface area contributed by atoms with Gasteiger partial charge in [-0.15, -0.1) is 0 Å². The van der Waals surface area contributed by atoms with E-state index >= 15 is 0 Å². The molecule has 3 aromatic rings. The lowest BCUT2D eigenvalue weighted by Gasteiger charge is -2.31. The fourth-order valence-electron chi connectivity index (χ4n) is 4.31. The SMILES string of the molecule is c1cc(NC2CCC(Oc3cc(N4CCOCC4)cc4nccnc34)CC2)ccn1. The van der Waals surface area contributed by atoms with Crippen molar-refractivity contribution in [3.8, 4) is 5.75 Å². The molecule has 0 amide bonds. The number of rotatable bonds is 5. The molecule has 2 aliphatic rings. The second-order valence-corrected chi connectivity index (χ2v) is 7.94. The summed E-state index contributed by atoms with van der Waals surface area (Å²) >= 11 is 0. The lowest BCUT2D eigenvalue weighted by Crippen LogP contribution is -2.36. The van der Waals surface area contributed by atoms with Crippen LogP contribution in [0.25, 0.3) is 11.0 Å². The van der Waals surface area contributed by atoms with Gasteiger partial charge in [0.05, 0.1) is 24.8 Å². The summed E-state index contributed by atoms with van der Waals surface area (Å²) in [7, 11) is 0. The van der Waals surface area contributed by atoms with Crippen LogP contribution in [0.15, 0.2) is 49.1 Å². The Balaban J connectivity index is 1.29. The first kappa shape index (κ1) is 19.1. The summed E-state index contributed by atoms with van der Waals surface area (Å²) in [5.41, 5.74) is 3.99. The molecule has 1 aliphatic carbocycles. The van der Waals surface area contributed by atoms with Crippen molar-refractivity contribution in [1.29, 1.82) is 0 Å². The number of fused-ring (bicyclic) bond motifs is 1. The molecule has 1 aromatic carbocycles. The summed E-state index contributed by atoms with van der Waals surface area (Å²) in [4.78, 5) is 15.5. The Morgan fingerprint density at radius 3 is 2.50 bits per heavy atom. The standard InChI is InChI=1S/C23H27N5O2/c1-3-20(4-2-17(1)27-18-5-7-24-8-6-18)30-22-16-19(28-11-13-29-14-12-28)15-21-23(22)26-10-9-25-21/h5-10,15-17,20H,1-4,11-14H2,(H,24,27). The molecule has 2 aromatic heterocycles. The van der Waals surface area contributed by atoms with E-state index < -0.39 is 0 Å². The quantitative estimate of drug-likeness (QED) is 0.694. The molecular formula is C23H27N5O2. The van der Waals surface area contributed by atoms with Crippen LogP contribution in [0.4, 0.5) is 11.4 Å². The van der Waals surface area contributed by atoms with Gasteiger partial charge in [0.1, 0.15) is 11.3 Å². The van der Waals surface area contributed by atoms with Gasteiger partial charge in [0.15, 0.2) is 0 Å². The molecule has 0 radical (unpaired) electrons. The highest BCUT2D eigenvalue weighted by Gasteiger charge is 2.24. The van der Waals surface area contributed by atoms with Crippen molar-refractivity contribution in [1.82, 2.24) is 15.0 Å².